The molecule has 0 aromatic carbocycles. The fourth-order valence-electron chi connectivity index (χ4n) is 0.728. The minimum atomic E-state index is -1.45. The predicted octanol–water partition coefficient (Wildman–Crippen LogP) is -11.9. The zero-order valence-corrected chi connectivity index (χ0v) is 10.2. The van der Waals surface area contributed by atoms with E-state index in [1.807, 2.05) is 0 Å². The van der Waals surface area contributed by atoms with Crippen molar-refractivity contribution in [2.24, 2.45) is 0 Å². The van der Waals surface area contributed by atoms with Crippen LogP contribution in [0.15, 0.2) is 0 Å². The molecule has 0 atom stereocenters. The Balaban J connectivity index is -0.0000000164. The molecular formula is H23B4NaO17. The van der Waals surface area contributed by atoms with E-state index in [0.717, 1.165) is 0 Å². The van der Waals surface area contributed by atoms with E-state index in [1.54, 1.807) is 0 Å². The molecular weight excluding hydrogens is 338 g/mol. The summed E-state index contributed by atoms with van der Waals surface area (Å²) in [4.78, 5) is 0. The average Bonchev–Trinajstić information content (AvgIpc) is 1.82. The van der Waals surface area contributed by atoms with E-state index in [1.165, 1.54) is 0 Å². The monoisotopic (exact) mass is 362 g/mol. The Hall–Kier alpha value is 0.580. The van der Waals surface area contributed by atoms with Gasteiger partial charge in [-0.25, -0.2) is 0 Å². The van der Waals surface area contributed by atoms with Crippen LogP contribution in [-0.4, -0.2) is 124 Å². The van der Waals surface area contributed by atoms with E-state index < -0.39 is 29.3 Å². The molecule has 17 nitrogen and oxygen atoms in total. The molecule has 0 radical (unpaired) electrons. The molecule has 2 aliphatic rings. The van der Waals surface area contributed by atoms with Crippen molar-refractivity contribution >= 4 is 58.8 Å². The van der Waals surface area contributed by atoms with Gasteiger partial charge in [-0.1, -0.05) is 0 Å². The van der Waals surface area contributed by atoms with Crippen LogP contribution in [0.25, 0.3) is 0 Å². The molecule has 2 aliphatic heterocycles. The Bertz CT molecular complexity index is 126. The molecule has 22 heavy (non-hydrogen) atoms. The number of hydrogen-bond acceptors (Lipinski definition) is 7. The SMILES string of the molecule is O.O.O.O.O.O.O.O.O.O.OB1OB2OB(O)OB(O1)O2.[NaH]. The van der Waals surface area contributed by atoms with Crippen LogP contribution < -0.4 is 0 Å². The van der Waals surface area contributed by atoms with Crippen LogP contribution in [-0.2, 0) is 22.9 Å². The Morgan fingerprint density at radius 3 is 0.773 bits per heavy atom. The third-order valence-electron chi connectivity index (χ3n) is 1.13. The topological polar surface area (TPSA) is 402 Å². The summed E-state index contributed by atoms with van der Waals surface area (Å²) in [7, 11) is -5.20. The van der Waals surface area contributed by atoms with Gasteiger partial charge in [0, 0.05) is 0 Å². The molecule has 138 valence electrons. The Morgan fingerprint density at radius 1 is 0.409 bits per heavy atom. The van der Waals surface area contributed by atoms with Crippen molar-refractivity contribution in [1.29, 1.82) is 0 Å². The van der Waals surface area contributed by atoms with Crippen molar-refractivity contribution in [2.75, 3.05) is 0 Å². The summed E-state index contributed by atoms with van der Waals surface area (Å²) in [6, 6.07) is 0. The van der Waals surface area contributed by atoms with E-state index in [0.29, 0.717) is 0 Å². The Labute approximate surface area is 146 Å². The van der Waals surface area contributed by atoms with Gasteiger partial charge in [0.05, 0.1) is 0 Å². The van der Waals surface area contributed by atoms with Gasteiger partial charge in [0.2, 0.25) is 0 Å². The van der Waals surface area contributed by atoms with Crippen LogP contribution in [0.1, 0.15) is 0 Å². The summed E-state index contributed by atoms with van der Waals surface area (Å²) in [5.41, 5.74) is 0. The van der Waals surface area contributed by atoms with Gasteiger partial charge >= 0.3 is 58.8 Å². The first-order valence-electron chi connectivity index (χ1n) is 2.87. The fourth-order valence-corrected chi connectivity index (χ4v) is 0.728. The first kappa shape index (κ1) is 66.4. The standard InChI is InChI=1S/B4H2O7.Na.10H2O.H/c5-1-7-3-9-2(6)10-4(8-1)11-3;;;;;;;;;;;;/h5-6H;;10*1H2;. The zero-order valence-electron chi connectivity index (χ0n) is 10.2. The third kappa shape index (κ3) is 18.6. The van der Waals surface area contributed by atoms with Gasteiger partial charge in [-0.05, 0) is 0 Å². The summed E-state index contributed by atoms with van der Waals surface area (Å²) in [5.74, 6) is 0. The molecule has 0 amide bonds. The molecule has 0 aromatic heterocycles. The van der Waals surface area contributed by atoms with E-state index in [4.69, 9.17) is 10.0 Å². The van der Waals surface area contributed by atoms with E-state index in [2.05, 4.69) is 22.9 Å². The first-order valence-corrected chi connectivity index (χ1v) is 2.87. The first-order chi connectivity index (χ1) is 5.24. The summed E-state index contributed by atoms with van der Waals surface area (Å²) in [5, 5.41) is 17.5. The normalized spacial score (nSPS) is 12.3. The van der Waals surface area contributed by atoms with Crippen LogP contribution in [0.5, 0.6) is 0 Å². The molecule has 0 unspecified atom stereocenters. The van der Waals surface area contributed by atoms with Gasteiger partial charge in [0.15, 0.2) is 0 Å². The second-order valence-corrected chi connectivity index (χ2v) is 1.87. The molecule has 0 aromatic rings. The molecule has 2 bridgehead atoms. The van der Waals surface area contributed by atoms with Gasteiger partial charge in [0.1, 0.15) is 0 Å². The maximum absolute atomic E-state index is 8.74. The van der Waals surface area contributed by atoms with Crippen LogP contribution in [0, 0.1) is 0 Å². The van der Waals surface area contributed by atoms with Crippen LogP contribution in [0.4, 0.5) is 0 Å². The van der Waals surface area contributed by atoms with Gasteiger partial charge in [-0.3, -0.25) is 0 Å². The molecule has 22 heteroatoms. The van der Waals surface area contributed by atoms with Crippen molar-refractivity contribution in [3.8, 4) is 0 Å². The molecule has 2 saturated heterocycles. The predicted molar refractivity (Wildman–Crippen MR) is 76.2 cm³/mol. The minimum absolute atomic E-state index is 0. The van der Waals surface area contributed by atoms with Gasteiger partial charge in [-0.2, -0.15) is 0 Å². The van der Waals surface area contributed by atoms with Crippen molar-refractivity contribution < 1.29 is 87.7 Å². The van der Waals surface area contributed by atoms with Gasteiger partial charge in [-0.15, -0.1) is 0 Å². The summed E-state index contributed by atoms with van der Waals surface area (Å²) >= 11 is 0. The van der Waals surface area contributed by atoms with Gasteiger partial charge < -0.3 is 87.7 Å². The molecule has 0 aliphatic carbocycles. The molecule has 0 saturated carbocycles. The van der Waals surface area contributed by atoms with E-state index >= 15 is 0 Å². The van der Waals surface area contributed by atoms with E-state index in [-0.39, 0.29) is 84.3 Å². The number of hydrogen-bond donors (Lipinski definition) is 2. The zero-order chi connectivity index (χ0) is 7.84. The summed E-state index contributed by atoms with van der Waals surface area (Å²) in [6.07, 6.45) is 0. The van der Waals surface area contributed by atoms with Crippen molar-refractivity contribution in [1.82, 2.24) is 0 Å². The summed E-state index contributed by atoms with van der Waals surface area (Å²) in [6.45, 7) is 0. The quantitative estimate of drug-likeness (QED) is 0.391. The molecule has 2 fully saturated rings. The Kier molecular flexibility index (Phi) is 89.3. The summed E-state index contributed by atoms with van der Waals surface area (Å²) < 4.78 is 22.6. The maximum atomic E-state index is 8.74. The molecule has 2 rings (SSSR count). The second-order valence-electron chi connectivity index (χ2n) is 1.87. The van der Waals surface area contributed by atoms with Crippen molar-refractivity contribution in [3.05, 3.63) is 0 Å². The number of fused-ring (bicyclic) bond motifs is 2. The average molecular weight is 361 g/mol. The van der Waals surface area contributed by atoms with Crippen molar-refractivity contribution in [2.45, 2.75) is 0 Å². The second kappa shape index (κ2) is 29.6. The molecule has 0 spiro atoms. The van der Waals surface area contributed by atoms with Crippen molar-refractivity contribution in [3.63, 3.8) is 0 Å². The fraction of sp³-hybridized carbons (Fsp3) is 0. The van der Waals surface area contributed by atoms with Gasteiger partial charge in [0.25, 0.3) is 0 Å². The van der Waals surface area contributed by atoms with Crippen LogP contribution in [0.3, 0.4) is 0 Å². The van der Waals surface area contributed by atoms with Crippen LogP contribution in [0.2, 0.25) is 0 Å². The number of rotatable bonds is 0. The molecule has 22 N–H and O–H groups in total. The Morgan fingerprint density at radius 2 is 0.591 bits per heavy atom. The van der Waals surface area contributed by atoms with Crippen LogP contribution >= 0.6 is 0 Å². The third-order valence-corrected chi connectivity index (χ3v) is 1.13. The van der Waals surface area contributed by atoms with E-state index in [9.17, 15) is 0 Å². The molecule has 2 heterocycles.